The molecule has 0 spiro atoms. The van der Waals surface area contributed by atoms with Gasteiger partial charge in [0.05, 0.1) is 26.9 Å². The fourth-order valence-electron chi connectivity index (χ4n) is 4.28. The van der Waals surface area contributed by atoms with Crippen LogP contribution in [0.5, 0.6) is 17.2 Å². The number of fused-ring (bicyclic) bond motifs is 1. The maximum Gasteiger partial charge on any atom is 0.161 e. The van der Waals surface area contributed by atoms with E-state index in [4.69, 9.17) is 19.3 Å². The van der Waals surface area contributed by atoms with Crippen LogP contribution in [0, 0.1) is 0 Å². The first-order valence-electron chi connectivity index (χ1n) is 10.6. The summed E-state index contributed by atoms with van der Waals surface area (Å²) in [6.07, 6.45) is 0.955. The largest absolute Gasteiger partial charge is 0.493 e. The van der Waals surface area contributed by atoms with Gasteiger partial charge < -0.3 is 19.3 Å². The number of methoxy groups -OCH3 is 2. The molecule has 1 aliphatic heterocycles. The number of hydrogen-bond acceptors (Lipinski definition) is 5. The van der Waals surface area contributed by atoms with Crippen LogP contribution in [-0.2, 0) is 13.0 Å². The van der Waals surface area contributed by atoms with Gasteiger partial charge in [-0.3, -0.25) is 4.90 Å². The second-order valence-electron chi connectivity index (χ2n) is 7.66. The van der Waals surface area contributed by atoms with Crippen molar-refractivity contribution in [1.82, 2.24) is 4.90 Å². The molecule has 1 heterocycles. The molecule has 0 unspecified atom stereocenters. The minimum atomic E-state index is 0.0158. The zero-order chi connectivity index (χ0) is 21.6. The van der Waals surface area contributed by atoms with E-state index in [0.29, 0.717) is 6.61 Å². The van der Waals surface area contributed by atoms with E-state index in [1.807, 2.05) is 12.1 Å². The number of aliphatic hydroxyl groups excluding tert-OH is 1. The average molecular weight is 420 g/mol. The summed E-state index contributed by atoms with van der Waals surface area (Å²) in [4.78, 5) is 2.51. The Kier molecular flexibility index (Phi) is 6.75. The third-order valence-corrected chi connectivity index (χ3v) is 5.76. The average Bonchev–Trinajstić information content (AvgIpc) is 2.83. The molecule has 0 saturated heterocycles. The molecule has 0 amide bonds. The van der Waals surface area contributed by atoms with Crippen LogP contribution in [0.25, 0.3) is 0 Å². The molecule has 0 aliphatic carbocycles. The Morgan fingerprint density at radius 2 is 1.65 bits per heavy atom. The van der Waals surface area contributed by atoms with E-state index in [1.54, 1.807) is 14.2 Å². The van der Waals surface area contributed by atoms with Gasteiger partial charge in [0.1, 0.15) is 12.4 Å². The molecule has 0 radical (unpaired) electrons. The number of hydrogen-bond donors (Lipinski definition) is 1. The standard InChI is InChI=1S/C26H29NO4/c1-29-24-16-21-12-13-27(18-19-8-10-22(11-9-19)31-15-14-28)26(20-6-4-3-5-7-20)23(21)17-25(24)30-2/h3-11,16-17,26,28H,12-15,18H2,1-2H3/t26-/m0/s1. The van der Waals surface area contributed by atoms with Crippen LogP contribution in [0.1, 0.15) is 28.3 Å². The molecule has 3 aromatic rings. The van der Waals surface area contributed by atoms with Crippen LogP contribution in [0.2, 0.25) is 0 Å². The van der Waals surface area contributed by atoms with E-state index in [2.05, 4.69) is 59.5 Å². The highest BCUT2D eigenvalue weighted by atomic mass is 16.5. The quantitative estimate of drug-likeness (QED) is 0.592. The molecule has 31 heavy (non-hydrogen) atoms. The van der Waals surface area contributed by atoms with Gasteiger partial charge in [-0.15, -0.1) is 0 Å². The highest BCUT2D eigenvalue weighted by molar-refractivity contribution is 5.51. The van der Waals surface area contributed by atoms with Gasteiger partial charge >= 0.3 is 0 Å². The number of aliphatic hydroxyl groups is 1. The zero-order valence-electron chi connectivity index (χ0n) is 18.1. The zero-order valence-corrected chi connectivity index (χ0v) is 18.1. The van der Waals surface area contributed by atoms with Gasteiger partial charge in [-0.25, -0.2) is 0 Å². The Bertz CT molecular complexity index is 988. The van der Waals surface area contributed by atoms with Gasteiger partial charge in [-0.2, -0.15) is 0 Å². The van der Waals surface area contributed by atoms with Crippen molar-refractivity contribution in [2.75, 3.05) is 34.0 Å². The Morgan fingerprint density at radius 1 is 0.935 bits per heavy atom. The van der Waals surface area contributed by atoms with Gasteiger partial charge in [0.2, 0.25) is 0 Å². The Balaban J connectivity index is 1.66. The molecule has 1 aliphatic rings. The highest BCUT2D eigenvalue weighted by Gasteiger charge is 2.30. The fraction of sp³-hybridized carbons (Fsp3) is 0.308. The van der Waals surface area contributed by atoms with Gasteiger partial charge in [0.25, 0.3) is 0 Å². The van der Waals surface area contributed by atoms with Crippen LogP contribution < -0.4 is 14.2 Å². The predicted molar refractivity (Wildman–Crippen MR) is 121 cm³/mol. The first kappa shape index (κ1) is 21.2. The van der Waals surface area contributed by atoms with Crippen LogP contribution in [0.15, 0.2) is 66.7 Å². The Labute approximate surface area is 183 Å². The maximum atomic E-state index is 8.94. The summed E-state index contributed by atoms with van der Waals surface area (Å²) >= 11 is 0. The smallest absolute Gasteiger partial charge is 0.161 e. The van der Waals surface area contributed by atoms with Crippen molar-refractivity contribution in [1.29, 1.82) is 0 Å². The van der Waals surface area contributed by atoms with Crippen molar-refractivity contribution >= 4 is 0 Å². The monoisotopic (exact) mass is 419 g/mol. The summed E-state index contributed by atoms with van der Waals surface area (Å²) in [6, 6.07) is 23.1. The number of rotatable bonds is 8. The van der Waals surface area contributed by atoms with Crippen molar-refractivity contribution < 1.29 is 19.3 Å². The molecule has 5 nitrogen and oxygen atoms in total. The number of ether oxygens (including phenoxy) is 3. The lowest BCUT2D eigenvalue weighted by Gasteiger charge is -2.38. The summed E-state index contributed by atoms with van der Waals surface area (Å²) < 4.78 is 16.6. The van der Waals surface area contributed by atoms with Crippen LogP contribution >= 0.6 is 0 Å². The van der Waals surface area contributed by atoms with Crippen molar-refractivity contribution in [3.8, 4) is 17.2 Å². The van der Waals surface area contributed by atoms with Gasteiger partial charge in [-0.1, -0.05) is 42.5 Å². The molecule has 0 saturated carbocycles. The van der Waals surface area contributed by atoms with Crippen LogP contribution in [0.4, 0.5) is 0 Å². The van der Waals surface area contributed by atoms with E-state index in [1.165, 1.54) is 22.3 Å². The van der Waals surface area contributed by atoms with Gasteiger partial charge in [-0.05, 0) is 52.9 Å². The fourth-order valence-corrected chi connectivity index (χ4v) is 4.28. The molecule has 0 aromatic heterocycles. The van der Waals surface area contributed by atoms with Crippen molar-refractivity contribution in [3.63, 3.8) is 0 Å². The van der Waals surface area contributed by atoms with Gasteiger partial charge in [0, 0.05) is 13.1 Å². The summed E-state index contributed by atoms with van der Waals surface area (Å²) in [5, 5.41) is 8.94. The molecule has 1 atom stereocenters. The lowest BCUT2D eigenvalue weighted by Crippen LogP contribution is -2.35. The molecule has 0 bridgehead atoms. The molecule has 4 rings (SSSR count). The Hall–Kier alpha value is -3.02. The van der Waals surface area contributed by atoms with Crippen molar-refractivity contribution in [3.05, 3.63) is 89.0 Å². The number of benzene rings is 3. The minimum Gasteiger partial charge on any atom is -0.493 e. The molecular formula is C26H29NO4. The van der Waals surface area contributed by atoms with Crippen LogP contribution in [-0.4, -0.2) is 44.0 Å². The number of nitrogens with zero attached hydrogens (tertiary/aromatic N) is 1. The van der Waals surface area contributed by atoms with Crippen LogP contribution in [0.3, 0.4) is 0 Å². The molecule has 5 heteroatoms. The third-order valence-electron chi connectivity index (χ3n) is 5.76. The van der Waals surface area contributed by atoms with E-state index in [9.17, 15) is 0 Å². The summed E-state index contributed by atoms with van der Waals surface area (Å²) in [6.45, 7) is 2.10. The normalized spacial score (nSPS) is 15.9. The lowest BCUT2D eigenvalue weighted by atomic mass is 9.87. The van der Waals surface area contributed by atoms with Crippen molar-refractivity contribution in [2.24, 2.45) is 0 Å². The lowest BCUT2D eigenvalue weighted by molar-refractivity contribution is 0.200. The third kappa shape index (κ3) is 4.68. The predicted octanol–water partition coefficient (Wildman–Crippen LogP) is 4.22. The van der Waals surface area contributed by atoms with E-state index < -0.39 is 0 Å². The van der Waals surface area contributed by atoms with Gasteiger partial charge in [0.15, 0.2) is 11.5 Å². The second-order valence-corrected chi connectivity index (χ2v) is 7.66. The van der Waals surface area contributed by atoms with E-state index in [0.717, 1.165) is 36.8 Å². The second kappa shape index (κ2) is 9.86. The SMILES string of the molecule is COc1cc2c(cc1OC)[C@H](c1ccccc1)N(Cc1ccc(OCCO)cc1)CC2. The molecular weight excluding hydrogens is 390 g/mol. The summed E-state index contributed by atoms with van der Waals surface area (Å²) in [7, 11) is 3.37. The molecule has 0 fully saturated rings. The summed E-state index contributed by atoms with van der Waals surface area (Å²) in [5.41, 5.74) is 5.05. The summed E-state index contributed by atoms with van der Waals surface area (Å²) in [5.74, 6) is 2.31. The topological polar surface area (TPSA) is 51.2 Å². The molecule has 1 N–H and O–H groups in total. The van der Waals surface area contributed by atoms with Crippen molar-refractivity contribution in [2.45, 2.75) is 19.0 Å². The first-order valence-corrected chi connectivity index (χ1v) is 10.6. The first-order chi connectivity index (χ1) is 15.2. The highest BCUT2D eigenvalue weighted by Crippen LogP contribution is 2.41. The van der Waals surface area contributed by atoms with E-state index in [-0.39, 0.29) is 12.6 Å². The minimum absolute atomic E-state index is 0.0158. The Morgan fingerprint density at radius 3 is 2.32 bits per heavy atom. The molecule has 162 valence electrons. The van der Waals surface area contributed by atoms with E-state index >= 15 is 0 Å². The maximum absolute atomic E-state index is 8.94. The molecule has 3 aromatic carbocycles.